The number of hydrogen-bond acceptors (Lipinski definition) is 3. The highest BCUT2D eigenvalue weighted by molar-refractivity contribution is 5.80. The molecule has 1 unspecified atom stereocenters. The van der Waals surface area contributed by atoms with Gasteiger partial charge < -0.3 is 20.3 Å². The molecule has 1 aliphatic rings. The van der Waals surface area contributed by atoms with Crippen LogP contribution >= 0.6 is 0 Å². The normalized spacial score (nSPS) is 16.4. The number of guanidine groups is 1. The summed E-state index contributed by atoms with van der Waals surface area (Å²) in [5, 5.41) is 6.19. The van der Waals surface area contributed by atoms with Crippen molar-refractivity contribution in [3.8, 4) is 0 Å². The van der Waals surface area contributed by atoms with E-state index in [-0.39, 0.29) is 18.1 Å². The van der Waals surface area contributed by atoms with Crippen LogP contribution in [0.1, 0.15) is 17.5 Å². The average molecular weight is 427 g/mol. The molecule has 0 radical (unpaired) electrons. The zero-order valence-electron chi connectivity index (χ0n) is 18.0. The molecular formula is C24H31FN4O2. The molecule has 1 heterocycles. The molecule has 7 heteroatoms. The first-order valence-corrected chi connectivity index (χ1v) is 10.7. The summed E-state index contributed by atoms with van der Waals surface area (Å²) >= 11 is 0. The Morgan fingerprint density at radius 1 is 1.10 bits per heavy atom. The standard InChI is InChI=1S/C24H31FN4O2/c1-26-24(28-13-12-27-23(30)15-19-7-9-22(25)10-8-19)29-14-11-21(16-29)18-31-17-20-5-3-2-4-6-20/h2-10,21H,11-18H2,1H3,(H,26,28)(H,27,30). The van der Waals surface area contributed by atoms with Gasteiger partial charge in [-0.25, -0.2) is 4.39 Å². The van der Waals surface area contributed by atoms with E-state index in [0.29, 0.717) is 25.6 Å². The molecule has 0 spiro atoms. The Morgan fingerprint density at radius 2 is 1.84 bits per heavy atom. The molecule has 0 bridgehead atoms. The van der Waals surface area contributed by atoms with Crippen molar-refractivity contribution in [3.05, 3.63) is 71.5 Å². The highest BCUT2D eigenvalue weighted by Crippen LogP contribution is 2.17. The van der Waals surface area contributed by atoms with Crippen LogP contribution in [-0.4, -0.2) is 56.6 Å². The lowest BCUT2D eigenvalue weighted by atomic mass is 10.1. The van der Waals surface area contributed by atoms with E-state index < -0.39 is 0 Å². The molecule has 1 amide bonds. The quantitative estimate of drug-likeness (QED) is 0.368. The Bertz CT molecular complexity index is 842. The second kappa shape index (κ2) is 12.1. The third-order valence-corrected chi connectivity index (χ3v) is 5.27. The van der Waals surface area contributed by atoms with Crippen molar-refractivity contribution in [2.24, 2.45) is 10.9 Å². The molecule has 6 nitrogen and oxygen atoms in total. The minimum Gasteiger partial charge on any atom is -0.376 e. The number of benzene rings is 2. The topological polar surface area (TPSA) is 66.0 Å². The molecule has 0 aliphatic carbocycles. The number of carbonyl (C=O) groups is 1. The van der Waals surface area contributed by atoms with Crippen LogP contribution in [0.15, 0.2) is 59.6 Å². The van der Waals surface area contributed by atoms with Gasteiger partial charge in [-0.05, 0) is 29.7 Å². The van der Waals surface area contributed by atoms with Crippen LogP contribution in [0.3, 0.4) is 0 Å². The molecule has 1 saturated heterocycles. The van der Waals surface area contributed by atoms with E-state index in [1.165, 1.54) is 17.7 Å². The largest absolute Gasteiger partial charge is 0.376 e. The number of likely N-dealkylation sites (tertiary alicyclic amines) is 1. The third-order valence-electron chi connectivity index (χ3n) is 5.27. The fourth-order valence-electron chi connectivity index (χ4n) is 3.64. The number of halogens is 1. The maximum absolute atomic E-state index is 12.9. The highest BCUT2D eigenvalue weighted by atomic mass is 19.1. The smallest absolute Gasteiger partial charge is 0.224 e. The van der Waals surface area contributed by atoms with Gasteiger partial charge in [0.2, 0.25) is 5.91 Å². The summed E-state index contributed by atoms with van der Waals surface area (Å²) in [4.78, 5) is 18.6. The Morgan fingerprint density at radius 3 is 2.58 bits per heavy atom. The number of aliphatic imine (C=N–C) groups is 1. The van der Waals surface area contributed by atoms with Crippen molar-refractivity contribution < 1.29 is 13.9 Å². The van der Waals surface area contributed by atoms with Gasteiger partial charge in [0.25, 0.3) is 0 Å². The summed E-state index contributed by atoms with van der Waals surface area (Å²) < 4.78 is 18.8. The summed E-state index contributed by atoms with van der Waals surface area (Å²) in [5.74, 6) is 0.947. The van der Waals surface area contributed by atoms with Crippen LogP contribution in [0.5, 0.6) is 0 Å². The zero-order valence-corrected chi connectivity index (χ0v) is 18.0. The van der Waals surface area contributed by atoms with Crippen LogP contribution in [0.25, 0.3) is 0 Å². The molecule has 166 valence electrons. The first-order chi connectivity index (χ1) is 15.1. The lowest BCUT2D eigenvalue weighted by Crippen LogP contribution is -2.43. The van der Waals surface area contributed by atoms with Crippen molar-refractivity contribution in [2.75, 3.05) is 39.8 Å². The van der Waals surface area contributed by atoms with Gasteiger partial charge in [-0.3, -0.25) is 9.79 Å². The predicted octanol–water partition coefficient (Wildman–Crippen LogP) is 2.60. The second-order valence-corrected chi connectivity index (χ2v) is 7.73. The van der Waals surface area contributed by atoms with Crippen LogP contribution < -0.4 is 10.6 Å². The predicted molar refractivity (Wildman–Crippen MR) is 120 cm³/mol. The number of rotatable bonds is 9. The molecule has 0 aromatic heterocycles. The number of carbonyl (C=O) groups excluding carboxylic acids is 1. The second-order valence-electron chi connectivity index (χ2n) is 7.73. The maximum atomic E-state index is 12.9. The number of nitrogens with one attached hydrogen (secondary N) is 2. The Labute approximate surface area is 183 Å². The number of amides is 1. The van der Waals surface area contributed by atoms with Gasteiger partial charge in [0.1, 0.15) is 5.82 Å². The Balaban J connectivity index is 1.31. The Hall–Kier alpha value is -2.93. The van der Waals surface area contributed by atoms with Crippen LogP contribution in [-0.2, 0) is 22.6 Å². The van der Waals surface area contributed by atoms with Crippen molar-refractivity contribution in [1.82, 2.24) is 15.5 Å². The van der Waals surface area contributed by atoms with Gasteiger partial charge >= 0.3 is 0 Å². The summed E-state index contributed by atoms with van der Waals surface area (Å²) in [6.45, 7) is 4.31. The molecule has 31 heavy (non-hydrogen) atoms. The summed E-state index contributed by atoms with van der Waals surface area (Å²) in [7, 11) is 1.77. The van der Waals surface area contributed by atoms with Crippen molar-refractivity contribution in [1.29, 1.82) is 0 Å². The maximum Gasteiger partial charge on any atom is 0.224 e. The fourth-order valence-corrected chi connectivity index (χ4v) is 3.64. The molecule has 0 saturated carbocycles. The lowest BCUT2D eigenvalue weighted by molar-refractivity contribution is -0.120. The average Bonchev–Trinajstić information content (AvgIpc) is 3.25. The van der Waals surface area contributed by atoms with Gasteiger partial charge in [-0.2, -0.15) is 0 Å². The van der Waals surface area contributed by atoms with E-state index in [1.807, 2.05) is 18.2 Å². The fraction of sp³-hybridized carbons (Fsp3) is 0.417. The van der Waals surface area contributed by atoms with Crippen LogP contribution in [0, 0.1) is 11.7 Å². The summed E-state index contributed by atoms with van der Waals surface area (Å²) in [5.41, 5.74) is 1.98. The van der Waals surface area contributed by atoms with Gasteiger partial charge in [0.05, 0.1) is 19.6 Å². The first-order valence-electron chi connectivity index (χ1n) is 10.7. The van der Waals surface area contributed by atoms with Crippen LogP contribution in [0.2, 0.25) is 0 Å². The minimum atomic E-state index is -0.299. The van der Waals surface area contributed by atoms with E-state index in [0.717, 1.165) is 37.6 Å². The molecule has 3 rings (SSSR count). The monoisotopic (exact) mass is 426 g/mol. The SMILES string of the molecule is CN=C(NCCNC(=O)Cc1ccc(F)cc1)N1CCC(COCc2ccccc2)C1. The molecule has 1 aliphatic heterocycles. The van der Waals surface area contributed by atoms with E-state index >= 15 is 0 Å². The molecule has 1 atom stereocenters. The van der Waals surface area contributed by atoms with E-state index in [2.05, 4.69) is 32.7 Å². The highest BCUT2D eigenvalue weighted by Gasteiger charge is 2.24. The first kappa shape index (κ1) is 22.7. The van der Waals surface area contributed by atoms with E-state index in [9.17, 15) is 9.18 Å². The number of hydrogen-bond donors (Lipinski definition) is 2. The number of ether oxygens (including phenoxy) is 1. The van der Waals surface area contributed by atoms with Crippen molar-refractivity contribution in [2.45, 2.75) is 19.4 Å². The lowest BCUT2D eigenvalue weighted by Gasteiger charge is -2.22. The van der Waals surface area contributed by atoms with Crippen LogP contribution in [0.4, 0.5) is 4.39 Å². The minimum absolute atomic E-state index is 0.0832. The molecule has 1 fully saturated rings. The molecular weight excluding hydrogens is 395 g/mol. The van der Waals surface area contributed by atoms with Crippen molar-refractivity contribution >= 4 is 11.9 Å². The van der Waals surface area contributed by atoms with Gasteiger partial charge in [-0.15, -0.1) is 0 Å². The number of nitrogens with zero attached hydrogens (tertiary/aromatic N) is 2. The van der Waals surface area contributed by atoms with E-state index in [1.54, 1.807) is 19.2 Å². The Kier molecular flexibility index (Phi) is 8.84. The third kappa shape index (κ3) is 7.68. The summed E-state index contributed by atoms with van der Waals surface area (Å²) in [6.07, 6.45) is 1.32. The molecule has 2 aromatic carbocycles. The van der Waals surface area contributed by atoms with E-state index in [4.69, 9.17) is 4.74 Å². The zero-order chi connectivity index (χ0) is 21.9. The molecule has 2 aromatic rings. The van der Waals surface area contributed by atoms with Gasteiger partial charge in [0, 0.05) is 39.1 Å². The van der Waals surface area contributed by atoms with Gasteiger partial charge in [0.15, 0.2) is 5.96 Å². The van der Waals surface area contributed by atoms with Gasteiger partial charge in [-0.1, -0.05) is 42.5 Å². The van der Waals surface area contributed by atoms with Crippen molar-refractivity contribution in [3.63, 3.8) is 0 Å². The summed E-state index contributed by atoms with van der Waals surface area (Å²) in [6, 6.07) is 16.2. The molecule has 2 N–H and O–H groups in total.